The van der Waals surface area contributed by atoms with Crippen LogP contribution in [0.2, 0.25) is 0 Å². The fourth-order valence-electron chi connectivity index (χ4n) is 9.55. The molecule has 15 nitrogen and oxygen atoms in total. The van der Waals surface area contributed by atoms with Crippen molar-refractivity contribution in [3.63, 3.8) is 0 Å². The lowest BCUT2D eigenvalue weighted by atomic mass is 9.82. The number of benzene rings is 4. The predicted octanol–water partition coefficient (Wildman–Crippen LogP) is 13.6. The highest BCUT2D eigenvalue weighted by Crippen LogP contribution is 2.48. The fourth-order valence-corrected chi connectivity index (χ4v) is 10.9. The van der Waals surface area contributed by atoms with Gasteiger partial charge in [-0.25, -0.2) is 9.59 Å². The number of hydrogen-bond donors (Lipinski definition) is 0. The van der Waals surface area contributed by atoms with Crippen molar-refractivity contribution in [1.82, 2.24) is 0 Å². The Morgan fingerprint density at radius 1 is 0.519 bits per heavy atom. The van der Waals surface area contributed by atoms with Crippen LogP contribution in [0, 0.1) is 30.6 Å². The maximum absolute atomic E-state index is 13.9. The minimum absolute atomic E-state index is 0.342. The molecule has 0 saturated heterocycles. The van der Waals surface area contributed by atoms with Crippen LogP contribution in [-0.2, 0) is 38.2 Å². The van der Waals surface area contributed by atoms with Crippen molar-refractivity contribution in [3.05, 3.63) is 116 Å². The molecule has 2 aliphatic carbocycles. The number of rotatable bonds is 28. The first-order valence-corrected chi connectivity index (χ1v) is 28.3. The molecule has 2 saturated carbocycles. The first-order chi connectivity index (χ1) is 38.4. The van der Waals surface area contributed by atoms with E-state index in [0.717, 1.165) is 79.5 Å². The molecule has 0 atom stereocenters. The van der Waals surface area contributed by atoms with Crippen LogP contribution in [0.4, 0.5) is 5.69 Å². The monoisotopic (exact) mass is 1110 g/mol. The van der Waals surface area contributed by atoms with Crippen LogP contribution in [0.15, 0.2) is 115 Å². The van der Waals surface area contributed by atoms with Gasteiger partial charge in [-0.05, 0) is 206 Å². The van der Waals surface area contributed by atoms with Crippen LogP contribution in [0.5, 0.6) is 34.5 Å². The van der Waals surface area contributed by atoms with Crippen molar-refractivity contribution < 1.29 is 66.7 Å². The Morgan fingerprint density at radius 3 is 1.32 bits per heavy atom. The quantitative estimate of drug-likeness (QED) is 0.0115. The van der Waals surface area contributed by atoms with Gasteiger partial charge in [-0.1, -0.05) is 25.3 Å². The largest absolute Gasteiger partial charge is 0.494 e. The molecule has 416 valence electrons. The molecule has 1 aromatic heterocycles. The molecule has 0 N–H and O–H groups in total. The van der Waals surface area contributed by atoms with E-state index in [1.54, 1.807) is 60.7 Å². The van der Waals surface area contributed by atoms with Gasteiger partial charge in [-0.3, -0.25) is 19.2 Å². The smallest absolute Gasteiger partial charge is 0.330 e. The number of aliphatic imine (C=N–C) groups is 1. The van der Waals surface area contributed by atoms with Gasteiger partial charge in [-0.2, -0.15) is 4.99 Å². The fraction of sp³-hybridized carbons (Fsp3) is 0.403. The second-order valence-corrected chi connectivity index (χ2v) is 20.8. The van der Waals surface area contributed by atoms with Gasteiger partial charge in [0.2, 0.25) is 0 Å². The predicted molar refractivity (Wildman–Crippen MR) is 303 cm³/mol. The zero-order chi connectivity index (χ0) is 55.9. The van der Waals surface area contributed by atoms with Crippen molar-refractivity contribution in [2.24, 2.45) is 28.7 Å². The van der Waals surface area contributed by atoms with E-state index in [-0.39, 0.29) is 23.8 Å². The number of thiophene rings is 1. The van der Waals surface area contributed by atoms with E-state index < -0.39 is 35.7 Å². The number of hydrogen-bond acceptors (Lipinski definition) is 17. The van der Waals surface area contributed by atoms with Crippen LogP contribution in [0.25, 0.3) is 20.5 Å². The number of esters is 6. The van der Waals surface area contributed by atoms with Gasteiger partial charge in [0.05, 0.1) is 65.6 Å². The minimum atomic E-state index is -0.440. The van der Waals surface area contributed by atoms with E-state index in [1.165, 1.54) is 11.3 Å². The van der Waals surface area contributed by atoms with Crippen molar-refractivity contribution >= 4 is 80.3 Å². The molecule has 0 radical (unpaired) electrons. The van der Waals surface area contributed by atoms with Crippen LogP contribution < -0.4 is 28.4 Å². The van der Waals surface area contributed by atoms with Gasteiger partial charge < -0.3 is 37.9 Å². The lowest BCUT2D eigenvalue weighted by Gasteiger charge is -2.26. The number of thiocarbonyl (C=S) groups is 1. The van der Waals surface area contributed by atoms with Gasteiger partial charge in [0.1, 0.15) is 34.5 Å². The number of fused-ring (bicyclic) bond motifs is 1. The summed E-state index contributed by atoms with van der Waals surface area (Å²) in [5, 5.41) is 3.04. The molecular formula is C62H67NO14S2. The maximum Gasteiger partial charge on any atom is 0.330 e. The minimum Gasteiger partial charge on any atom is -0.494 e. The SMILES string of the molecule is C=CC(=O)OCCCCCCOc1ccc(OC(=O)C2CCC(C(=O)Oc3ccc(OC(=O)C4CCC(C(=O)Oc5ccc(OCCCCCCOC(=O)C=C)cc5)CC4)c4c(C)c(-c5ccc(N=C=S)cc5)sc34)CC2)cc1. The molecule has 7 rings (SSSR count). The van der Waals surface area contributed by atoms with Crippen LogP contribution in [0.1, 0.15) is 108 Å². The molecule has 0 unspecified atom stereocenters. The molecule has 0 aliphatic heterocycles. The summed E-state index contributed by atoms with van der Waals surface area (Å²) in [7, 11) is 0. The number of ether oxygens (including phenoxy) is 8. The summed E-state index contributed by atoms with van der Waals surface area (Å²) in [4.78, 5) is 81.6. The Bertz CT molecular complexity index is 2950. The summed E-state index contributed by atoms with van der Waals surface area (Å²) in [5.41, 5.74) is 2.37. The molecule has 2 aliphatic rings. The van der Waals surface area contributed by atoms with E-state index >= 15 is 0 Å². The Balaban J connectivity index is 0.892. The normalized spacial score (nSPS) is 16.8. The Hall–Kier alpha value is -7.46. The van der Waals surface area contributed by atoms with E-state index in [9.17, 15) is 28.8 Å². The molecule has 79 heavy (non-hydrogen) atoms. The average molecular weight is 1110 g/mol. The lowest BCUT2D eigenvalue weighted by Crippen LogP contribution is -2.30. The third-order valence-electron chi connectivity index (χ3n) is 14.0. The molecular weight excluding hydrogens is 1050 g/mol. The summed E-state index contributed by atoms with van der Waals surface area (Å²) >= 11 is 6.22. The topological polar surface area (TPSA) is 189 Å². The van der Waals surface area contributed by atoms with Gasteiger partial charge in [-0.15, -0.1) is 11.3 Å². The molecule has 5 aromatic rings. The van der Waals surface area contributed by atoms with Crippen LogP contribution in [-0.4, -0.2) is 67.4 Å². The Morgan fingerprint density at radius 2 is 0.899 bits per heavy atom. The number of aryl methyl sites for hydroxylation is 1. The number of unbranched alkanes of at least 4 members (excludes halogenated alkanes) is 6. The number of carbonyl (C=O) groups excluding carboxylic acids is 6. The molecule has 1 heterocycles. The van der Waals surface area contributed by atoms with Crippen molar-refractivity contribution in [1.29, 1.82) is 0 Å². The average Bonchev–Trinajstić information content (AvgIpc) is 4.10. The van der Waals surface area contributed by atoms with Crippen molar-refractivity contribution in [2.45, 2.75) is 110 Å². The zero-order valence-electron chi connectivity index (χ0n) is 44.6. The highest BCUT2D eigenvalue weighted by molar-refractivity contribution is 7.78. The van der Waals surface area contributed by atoms with E-state index in [2.05, 4.69) is 23.3 Å². The molecule has 4 aromatic carbocycles. The molecule has 0 amide bonds. The third kappa shape index (κ3) is 17.8. The molecule has 2 fully saturated rings. The van der Waals surface area contributed by atoms with E-state index in [1.807, 2.05) is 31.2 Å². The van der Waals surface area contributed by atoms with Gasteiger partial charge in [0, 0.05) is 22.4 Å². The maximum atomic E-state index is 13.9. The first kappa shape index (κ1) is 59.2. The third-order valence-corrected chi connectivity index (χ3v) is 15.5. The highest BCUT2D eigenvalue weighted by atomic mass is 32.1. The van der Waals surface area contributed by atoms with E-state index in [0.29, 0.717) is 128 Å². The summed E-state index contributed by atoms with van der Waals surface area (Å²) < 4.78 is 46.2. The lowest BCUT2D eigenvalue weighted by molar-refractivity contribution is -0.145. The number of isothiocyanates is 1. The van der Waals surface area contributed by atoms with Crippen LogP contribution >= 0.6 is 23.6 Å². The second-order valence-electron chi connectivity index (χ2n) is 19.6. The van der Waals surface area contributed by atoms with Gasteiger partial charge in [0.25, 0.3) is 0 Å². The first-order valence-electron chi connectivity index (χ1n) is 27.1. The molecule has 0 bridgehead atoms. The van der Waals surface area contributed by atoms with Crippen LogP contribution in [0.3, 0.4) is 0 Å². The Labute approximate surface area is 470 Å². The molecule has 17 heteroatoms. The number of nitrogens with zero attached hydrogens (tertiary/aromatic N) is 1. The standard InChI is InChI=1S/C62H67NO14S2/c1-4-54(64)72-38-12-8-6-10-36-70-48-26-30-50(31-27-48)74-59(66)43-14-18-45(19-15-43)61(68)76-52-34-35-53(58-56(52)41(3)57(79-58)42-22-24-47(25-23-42)63-40-78)77-62(69)46-20-16-44(17-21-46)60(67)75-51-32-28-49(29-33-51)71-37-11-7-9-13-39-73-55(65)5-2/h4-5,22-35,43-46H,1-2,6-21,36-39H2,3H3. The second kappa shape index (κ2) is 30.6. The highest BCUT2D eigenvalue weighted by Gasteiger charge is 2.35. The van der Waals surface area contributed by atoms with Gasteiger partial charge >= 0.3 is 35.8 Å². The summed E-state index contributed by atoms with van der Waals surface area (Å²) in [6, 6.07) is 24.7. The summed E-state index contributed by atoms with van der Waals surface area (Å²) in [5.74, 6) is -1.12. The van der Waals surface area contributed by atoms with Crippen molar-refractivity contribution in [2.75, 3.05) is 26.4 Å². The van der Waals surface area contributed by atoms with E-state index in [4.69, 9.17) is 50.1 Å². The summed E-state index contributed by atoms with van der Waals surface area (Å²) in [6.07, 6.45) is 12.9. The van der Waals surface area contributed by atoms with Gasteiger partial charge in [0.15, 0.2) is 0 Å². The van der Waals surface area contributed by atoms with Crippen molar-refractivity contribution in [3.8, 4) is 44.9 Å². The summed E-state index contributed by atoms with van der Waals surface area (Å²) in [6.45, 7) is 10.5. The zero-order valence-corrected chi connectivity index (χ0v) is 46.2. The number of carbonyl (C=O) groups is 6. The molecule has 0 spiro atoms. The Kier molecular flexibility index (Phi) is 23.0.